The summed E-state index contributed by atoms with van der Waals surface area (Å²) in [5.74, 6) is 0.798. The van der Waals surface area contributed by atoms with Gasteiger partial charge in [-0.1, -0.05) is 22.0 Å². The highest BCUT2D eigenvalue weighted by Gasteiger charge is 2.19. The molecule has 0 bridgehead atoms. The maximum atomic E-state index is 6.40. The molecule has 1 aromatic carbocycles. The first-order valence-electron chi connectivity index (χ1n) is 6.78. The Labute approximate surface area is 141 Å². The average Bonchev–Trinajstić information content (AvgIpc) is 2.74. The van der Waals surface area contributed by atoms with Crippen molar-refractivity contribution in [3.63, 3.8) is 0 Å². The van der Waals surface area contributed by atoms with E-state index in [1.807, 2.05) is 29.8 Å². The van der Waals surface area contributed by atoms with E-state index in [1.54, 1.807) is 7.11 Å². The van der Waals surface area contributed by atoms with Crippen molar-refractivity contribution in [3.8, 4) is 5.75 Å². The summed E-state index contributed by atoms with van der Waals surface area (Å²) in [6.45, 7) is 4.89. The lowest BCUT2D eigenvalue weighted by Gasteiger charge is -2.17. The normalized spacial score (nSPS) is 12.5. The standard InChI is InChI=1S/C15H19Br2N3O/c1-4-20-13(15(17)9(2)19-20)8-12(18)11-6-5-10(16)7-14(11)21-3/h5-7,12H,4,8,18H2,1-3H3. The molecule has 0 radical (unpaired) electrons. The Morgan fingerprint density at radius 2 is 2.10 bits per heavy atom. The number of aromatic nitrogens is 2. The van der Waals surface area contributed by atoms with Gasteiger partial charge in [-0.25, -0.2) is 0 Å². The number of methoxy groups -OCH3 is 1. The zero-order valence-electron chi connectivity index (χ0n) is 12.4. The smallest absolute Gasteiger partial charge is 0.124 e. The van der Waals surface area contributed by atoms with Crippen molar-refractivity contribution in [2.75, 3.05) is 7.11 Å². The summed E-state index contributed by atoms with van der Waals surface area (Å²) in [7, 11) is 1.66. The zero-order valence-corrected chi connectivity index (χ0v) is 15.5. The van der Waals surface area contributed by atoms with Crippen LogP contribution in [0.5, 0.6) is 5.75 Å². The van der Waals surface area contributed by atoms with Crippen LogP contribution < -0.4 is 10.5 Å². The summed E-state index contributed by atoms with van der Waals surface area (Å²) < 4.78 is 9.44. The highest BCUT2D eigenvalue weighted by atomic mass is 79.9. The number of nitrogens with two attached hydrogens (primary N) is 1. The molecular formula is C15H19Br2N3O. The van der Waals surface area contributed by atoms with Crippen molar-refractivity contribution >= 4 is 31.9 Å². The molecule has 1 aromatic heterocycles. The number of halogens is 2. The second kappa shape index (κ2) is 6.94. The lowest BCUT2D eigenvalue weighted by atomic mass is 10.0. The predicted molar refractivity (Wildman–Crippen MR) is 91.7 cm³/mol. The van der Waals surface area contributed by atoms with Crippen molar-refractivity contribution in [1.29, 1.82) is 0 Å². The van der Waals surface area contributed by atoms with E-state index in [0.717, 1.165) is 38.2 Å². The molecule has 2 rings (SSSR count). The van der Waals surface area contributed by atoms with Crippen LogP contribution in [0.3, 0.4) is 0 Å². The summed E-state index contributed by atoms with van der Waals surface area (Å²) >= 11 is 7.06. The molecule has 0 aliphatic heterocycles. The SMILES string of the molecule is CCn1nc(C)c(Br)c1CC(N)c1ccc(Br)cc1OC. The topological polar surface area (TPSA) is 53.1 Å². The van der Waals surface area contributed by atoms with Crippen molar-refractivity contribution in [1.82, 2.24) is 9.78 Å². The molecular weight excluding hydrogens is 398 g/mol. The third-order valence-electron chi connectivity index (χ3n) is 3.46. The first kappa shape index (κ1) is 16.5. The largest absolute Gasteiger partial charge is 0.496 e. The highest BCUT2D eigenvalue weighted by molar-refractivity contribution is 9.10. The van der Waals surface area contributed by atoms with Crippen LogP contribution in [0, 0.1) is 6.92 Å². The van der Waals surface area contributed by atoms with Gasteiger partial charge in [0, 0.05) is 29.0 Å². The maximum absolute atomic E-state index is 6.40. The molecule has 0 fully saturated rings. The molecule has 114 valence electrons. The number of rotatable bonds is 5. The van der Waals surface area contributed by atoms with Crippen LogP contribution in [0.25, 0.3) is 0 Å². The number of aryl methyl sites for hydroxylation is 2. The van der Waals surface area contributed by atoms with Gasteiger partial charge in [0.2, 0.25) is 0 Å². The Bertz CT molecular complexity index is 640. The van der Waals surface area contributed by atoms with Crippen LogP contribution in [0.4, 0.5) is 0 Å². The van der Waals surface area contributed by atoms with Gasteiger partial charge in [0.05, 0.1) is 23.0 Å². The zero-order chi connectivity index (χ0) is 15.6. The average molecular weight is 417 g/mol. The summed E-state index contributed by atoms with van der Waals surface area (Å²) in [4.78, 5) is 0. The number of nitrogens with zero attached hydrogens (tertiary/aromatic N) is 2. The Kier molecular flexibility index (Phi) is 5.46. The maximum Gasteiger partial charge on any atom is 0.124 e. The summed E-state index contributed by atoms with van der Waals surface area (Å²) in [5.41, 5.74) is 9.50. The molecule has 0 amide bonds. The number of hydrogen-bond donors (Lipinski definition) is 1. The van der Waals surface area contributed by atoms with E-state index in [2.05, 4.69) is 43.9 Å². The van der Waals surface area contributed by atoms with Crippen LogP contribution >= 0.6 is 31.9 Å². The van der Waals surface area contributed by atoms with Crippen LogP contribution in [0.1, 0.15) is 29.9 Å². The molecule has 21 heavy (non-hydrogen) atoms. The minimum Gasteiger partial charge on any atom is -0.496 e. The van der Waals surface area contributed by atoms with Crippen LogP contribution in [0.2, 0.25) is 0 Å². The molecule has 0 aliphatic carbocycles. The van der Waals surface area contributed by atoms with Gasteiger partial charge in [-0.3, -0.25) is 4.68 Å². The molecule has 0 spiro atoms. The molecule has 1 atom stereocenters. The Morgan fingerprint density at radius 1 is 1.38 bits per heavy atom. The quantitative estimate of drug-likeness (QED) is 0.801. The van der Waals surface area contributed by atoms with Crippen molar-refractivity contribution in [2.24, 2.45) is 5.73 Å². The van der Waals surface area contributed by atoms with Crippen molar-refractivity contribution in [3.05, 3.63) is 44.1 Å². The first-order chi connectivity index (χ1) is 9.97. The fourth-order valence-electron chi connectivity index (χ4n) is 2.37. The summed E-state index contributed by atoms with van der Waals surface area (Å²) in [6, 6.07) is 5.77. The molecule has 0 saturated heterocycles. The molecule has 0 saturated carbocycles. The predicted octanol–water partition coefficient (Wildman–Crippen LogP) is 3.99. The van der Waals surface area contributed by atoms with Crippen molar-refractivity contribution in [2.45, 2.75) is 32.9 Å². The Balaban J connectivity index is 2.32. The van der Waals surface area contributed by atoms with Gasteiger partial charge in [0.1, 0.15) is 5.75 Å². The lowest BCUT2D eigenvalue weighted by Crippen LogP contribution is -2.17. The van der Waals surface area contributed by atoms with Crippen LogP contribution in [0.15, 0.2) is 27.1 Å². The van der Waals surface area contributed by atoms with E-state index in [9.17, 15) is 0 Å². The molecule has 2 aromatic rings. The van der Waals surface area contributed by atoms with Gasteiger partial charge in [0.15, 0.2) is 0 Å². The van der Waals surface area contributed by atoms with Gasteiger partial charge in [-0.2, -0.15) is 5.10 Å². The third kappa shape index (κ3) is 3.49. The van der Waals surface area contributed by atoms with Crippen LogP contribution in [-0.2, 0) is 13.0 Å². The summed E-state index contributed by atoms with van der Waals surface area (Å²) in [5, 5.41) is 4.51. The third-order valence-corrected chi connectivity index (χ3v) is 4.99. The molecule has 1 unspecified atom stereocenters. The fourth-order valence-corrected chi connectivity index (χ4v) is 3.16. The highest BCUT2D eigenvalue weighted by Crippen LogP contribution is 2.31. The molecule has 4 nitrogen and oxygen atoms in total. The van der Waals surface area contributed by atoms with E-state index in [-0.39, 0.29) is 6.04 Å². The second-order valence-electron chi connectivity index (χ2n) is 4.86. The van der Waals surface area contributed by atoms with Gasteiger partial charge < -0.3 is 10.5 Å². The number of benzene rings is 1. The summed E-state index contributed by atoms with van der Waals surface area (Å²) in [6.07, 6.45) is 0.702. The first-order valence-corrected chi connectivity index (χ1v) is 8.37. The van der Waals surface area contributed by atoms with E-state index in [1.165, 1.54) is 0 Å². The van der Waals surface area contributed by atoms with Gasteiger partial charge >= 0.3 is 0 Å². The lowest BCUT2D eigenvalue weighted by molar-refractivity contribution is 0.404. The minimum absolute atomic E-state index is 0.147. The van der Waals surface area contributed by atoms with E-state index in [0.29, 0.717) is 6.42 Å². The molecule has 6 heteroatoms. The molecule has 1 heterocycles. The van der Waals surface area contributed by atoms with E-state index >= 15 is 0 Å². The number of ether oxygens (including phenoxy) is 1. The van der Waals surface area contributed by atoms with E-state index in [4.69, 9.17) is 10.5 Å². The van der Waals surface area contributed by atoms with Gasteiger partial charge in [-0.15, -0.1) is 0 Å². The molecule has 2 N–H and O–H groups in total. The molecule has 0 aliphatic rings. The van der Waals surface area contributed by atoms with E-state index < -0.39 is 0 Å². The van der Waals surface area contributed by atoms with Gasteiger partial charge in [-0.05, 0) is 41.9 Å². The van der Waals surface area contributed by atoms with Crippen LogP contribution in [-0.4, -0.2) is 16.9 Å². The Hall–Kier alpha value is -0.850. The fraction of sp³-hybridized carbons (Fsp3) is 0.400. The van der Waals surface area contributed by atoms with Gasteiger partial charge in [0.25, 0.3) is 0 Å². The minimum atomic E-state index is -0.147. The second-order valence-corrected chi connectivity index (χ2v) is 6.57. The van der Waals surface area contributed by atoms with Crippen molar-refractivity contribution < 1.29 is 4.74 Å². The number of hydrogen-bond acceptors (Lipinski definition) is 3. The Morgan fingerprint density at radius 3 is 2.71 bits per heavy atom. The monoisotopic (exact) mass is 415 g/mol.